The zero-order chi connectivity index (χ0) is 24.6. The molecule has 178 valence electrons. The highest BCUT2D eigenvalue weighted by molar-refractivity contribution is 5.94. The molecule has 0 unspecified atom stereocenters. The number of hydrogen-bond acceptors (Lipinski definition) is 7. The van der Waals surface area contributed by atoms with Crippen molar-refractivity contribution in [3.05, 3.63) is 95.9 Å². The third kappa shape index (κ3) is 6.10. The Labute approximate surface area is 202 Å². The second-order valence-electron chi connectivity index (χ2n) is 7.84. The Morgan fingerprint density at radius 3 is 2.51 bits per heavy atom. The molecule has 0 saturated carbocycles. The van der Waals surface area contributed by atoms with Crippen LogP contribution in [-0.2, 0) is 9.53 Å². The summed E-state index contributed by atoms with van der Waals surface area (Å²) in [6.45, 7) is 1.65. The predicted molar refractivity (Wildman–Crippen MR) is 133 cm³/mol. The number of aromatic amines is 1. The lowest BCUT2D eigenvalue weighted by molar-refractivity contribution is -0.142. The topological polar surface area (TPSA) is 135 Å². The van der Waals surface area contributed by atoms with Gasteiger partial charge in [0.15, 0.2) is 0 Å². The number of rotatable bonds is 9. The number of H-pyrrole nitrogens is 1. The summed E-state index contributed by atoms with van der Waals surface area (Å²) < 4.78 is 5.18. The Balaban J connectivity index is 1.51. The predicted octanol–water partition coefficient (Wildman–Crippen LogP) is 3.50. The second kappa shape index (κ2) is 11.1. The van der Waals surface area contributed by atoms with Gasteiger partial charge in [0.25, 0.3) is 5.91 Å². The molecule has 0 aliphatic rings. The van der Waals surface area contributed by atoms with Crippen molar-refractivity contribution in [2.45, 2.75) is 13.0 Å². The van der Waals surface area contributed by atoms with Gasteiger partial charge in [-0.2, -0.15) is 0 Å². The summed E-state index contributed by atoms with van der Waals surface area (Å²) in [6, 6.07) is 20.1. The van der Waals surface area contributed by atoms with Crippen LogP contribution in [0.5, 0.6) is 0 Å². The largest absolute Gasteiger partial charge is 0.462 e. The zero-order valence-corrected chi connectivity index (χ0v) is 19.2. The van der Waals surface area contributed by atoms with Gasteiger partial charge >= 0.3 is 5.97 Å². The smallest absolute Gasteiger partial charge is 0.319 e. The monoisotopic (exact) mass is 470 g/mol. The van der Waals surface area contributed by atoms with Crippen LogP contribution in [-0.4, -0.2) is 40.0 Å². The number of anilines is 2. The maximum atomic E-state index is 13.0. The number of carbonyl (C=O) groups is 2. The molecule has 0 radical (unpaired) electrons. The fourth-order valence-corrected chi connectivity index (χ4v) is 3.49. The third-order valence-corrected chi connectivity index (χ3v) is 5.29. The molecule has 0 fully saturated rings. The number of nitrogens with zero attached hydrogens (tertiary/aromatic N) is 2. The summed E-state index contributed by atoms with van der Waals surface area (Å²) in [5.74, 6) is -0.431. The molecule has 4 aromatic rings. The molecule has 4 rings (SSSR count). The fraction of sp³-hybridized carbons (Fsp3) is 0.154. The molecule has 9 heteroatoms. The molecule has 5 N–H and O–H groups in total. The van der Waals surface area contributed by atoms with Gasteiger partial charge in [0.2, 0.25) is 5.95 Å². The molecule has 35 heavy (non-hydrogen) atoms. The molecule has 0 bridgehead atoms. The average molecular weight is 471 g/mol. The minimum absolute atomic E-state index is 0.0289. The van der Waals surface area contributed by atoms with Crippen LogP contribution in [0.1, 0.15) is 27.7 Å². The quantitative estimate of drug-likeness (QED) is 0.275. The standard InChI is InChI=1S/C26H26N6O3/c1-17-14-29-26(30-20-10-6-3-7-11-20)32-24(17)19-12-21(28-15-19)25(34)31-22(16-35-23(33)13-27)18-8-4-2-5-9-18/h2-12,14-15,22,28H,13,16,27H2,1H3,(H,31,34)(H,29,30,32)/t22-/m1/s1. The molecule has 1 amide bonds. The lowest BCUT2D eigenvalue weighted by Gasteiger charge is -2.18. The van der Waals surface area contributed by atoms with Crippen LogP contribution in [0, 0.1) is 6.92 Å². The first-order chi connectivity index (χ1) is 17.0. The number of esters is 1. The Kier molecular flexibility index (Phi) is 7.49. The number of ether oxygens (including phenoxy) is 1. The third-order valence-electron chi connectivity index (χ3n) is 5.29. The minimum atomic E-state index is -0.540. The molecule has 0 aliphatic carbocycles. The lowest BCUT2D eigenvalue weighted by atomic mass is 10.1. The van der Waals surface area contributed by atoms with Crippen LogP contribution in [0.15, 0.2) is 79.1 Å². The number of benzene rings is 2. The first-order valence-corrected chi connectivity index (χ1v) is 11.1. The van der Waals surface area contributed by atoms with Crippen molar-refractivity contribution >= 4 is 23.5 Å². The number of nitrogens with two attached hydrogens (primary N) is 1. The van der Waals surface area contributed by atoms with Gasteiger partial charge < -0.3 is 26.1 Å². The van der Waals surface area contributed by atoms with E-state index in [0.29, 0.717) is 17.3 Å². The summed E-state index contributed by atoms with van der Waals surface area (Å²) in [6.07, 6.45) is 3.46. The van der Waals surface area contributed by atoms with Crippen LogP contribution in [0.3, 0.4) is 0 Å². The Hall–Kier alpha value is -4.50. The SMILES string of the molecule is Cc1cnc(Nc2ccccc2)nc1-c1c[nH]c(C(=O)N[C@H](COC(=O)CN)c2ccccc2)c1. The minimum Gasteiger partial charge on any atom is -0.462 e. The Morgan fingerprint density at radius 2 is 1.80 bits per heavy atom. The normalized spacial score (nSPS) is 11.5. The maximum Gasteiger partial charge on any atom is 0.319 e. The molecule has 0 spiro atoms. The molecule has 1 atom stereocenters. The van der Waals surface area contributed by atoms with E-state index in [4.69, 9.17) is 10.5 Å². The van der Waals surface area contributed by atoms with E-state index < -0.39 is 12.0 Å². The van der Waals surface area contributed by atoms with Crippen LogP contribution >= 0.6 is 0 Å². The fourth-order valence-electron chi connectivity index (χ4n) is 3.49. The number of aryl methyl sites for hydroxylation is 1. The van der Waals surface area contributed by atoms with Crippen molar-refractivity contribution in [3.63, 3.8) is 0 Å². The van der Waals surface area contributed by atoms with Crippen molar-refractivity contribution in [1.29, 1.82) is 0 Å². The van der Waals surface area contributed by atoms with E-state index in [0.717, 1.165) is 22.4 Å². The lowest BCUT2D eigenvalue weighted by Crippen LogP contribution is -2.33. The highest BCUT2D eigenvalue weighted by Gasteiger charge is 2.19. The highest BCUT2D eigenvalue weighted by Crippen LogP contribution is 2.24. The number of amides is 1. The van der Waals surface area contributed by atoms with Gasteiger partial charge in [-0.15, -0.1) is 0 Å². The van der Waals surface area contributed by atoms with E-state index in [-0.39, 0.29) is 19.1 Å². The van der Waals surface area contributed by atoms with Crippen LogP contribution in [0.4, 0.5) is 11.6 Å². The number of para-hydroxylation sites is 1. The molecule has 9 nitrogen and oxygen atoms in total. The molecule has 0 saturated heterocycles. The number of aromatic nitrogens is 3. The van der Waals surface area contributed by atoms with Crippen molar-refractivity contribution in [3.8, 4) is 11.3 Å². The van der Waals surface area contributed by atoms with E-state index >= 15 is 0 Å². The number of carbonyl (C=O) groups excluding carboxylic acids is 2. The van der Waals surface area contributed by atoms with Crippen molar-refractivity contribution < 1.29 is 14.3 Å². The van der Waals surface area contributed by atoms with Gasteiger partial charge in [-0.05, 0) is 36.2 Å². The summed E-state index contributed by atoms with van der Waals surface area (Å²) in [5, 5.41) is 6.10. The van der Waals surface area contributed by atoms with Crippen molar-refractivity contribution in [2.75, 3.05) is 18.5 Å². The first kappa shape index (κ1) is 23.7. The average Bonchev–Trinajstić information content (AvgIpc) is 3.39. The number of nitrogens with one attached hydrogen (secondary N) is 3. The number of hydrogen-bond donors (Lipinski definition) is 4. The molecule has 2 aromatic carbocycles. The van der Waals surface area contributed by atoms with Gasteiger partial charge in [0.1, 0.15) is 12.3 Å². The van der Waals surface area contributed by atoms with E-state index in [2.05, 4.69) is 25.6 Å². The van der Waals surface area contributed by atoms with Gasteiger partial charge in [-0.3, -0.25) is 9.59 Å². The van der Waals surface area contributed by atoms with Gasteiger partial charge in [-0.25, -0.2) is 9.97 Å². The van der Waals surface area contributed by atoms with E-state index in [1.54, 1.807) is 18.5 Å². The highest BCUT2D eigenvalue weighted by atomic mass is 16.5. The molecular weight excluding hydrogens is 444 g/mol. The Morgan fingerprint density at radius 1 is 1.09 bits per heavy atom. The summed E-state index contributed by atoms with van der Waals surface area (Å²) in [5.41, 5.74) is 9.67. The maximum absolute atomic E-state index is 13.0. The van der Waals surface area contributed by atoms with Crippen LogP contribution in [0.25, 0.3) is 11.3 Å². The van der Waals surface area contributed by atoms with Crippen molar-refractivity contribution in [1.82, 2.24) is 20.3 Å². The van der Waals surface area contributed by atoms with Crippen molar-refractivity contribution in [2.24, 2.45) is 5.73 Å². The van der Waals surface area contributed by atoms with Gasteiger partial charge in [-0.1, -0.05) is 48.5 Å². The summed E-state index contributed by atoms with van der Waals surface area (Å²) in [4.78, 5) is 36.6. The first-order valence-electron chi connectivity index (χ1n) is 11.1. The van der Waals surface area contributed by atoms with E-state index in [9.17, 15) is 9.59 Å². The summed E-state index contributed by atoms with van der Waals surface area (Å²) in [7, 11) is 0. The zero-order valence-electron chi connectivity index (χ0n) is 19.2. The van der Waals surface area contributed by atoms with E-state index in [1.165, 1.54) is 0 Å². The van der Waals surface area contributed by atoms with Crippen LogP contribution in [0.2, 0.25) is 0 Å². The second-order valence-corrected chi connectivity index (χ2v) is 7.84. The summed E-state index contributed by atoms with van der Waals surface area (Å²) >= 11 is 0. The molecule has 0 aliphatic heterocycles. The van der Waals surface area contributed by atoms with Gasteiger partial charge in [0, 0.05) is 23.6 Å². The Bertz CT molecular complexity index is 1290. The molecule has 2 aromatic heterocycles. The molecule has 2 heterocycles. The van der Waals surface area contributed by atoms with Crippen LogP contribution < -0.4 is 16.4 Å². The van der Waals surface area contributed by atoms with E-state index in [1.807, 2.05) is 67.6 Å². The van der Waals surface area contributed by atoms with Gasteiger partial charge in [0.05, 0.1) is 18.3 Å². The molecular formula is C26H26N6O3.